The van der Waals surface area contributed by atoms with Crippen molar-refractivity contribution >= 4 is 5.97 Å². The molecule has 0 fully saturated rings. The number of aromatic hydroxyl groups is 1. The molecule has 0 aliphatic carbocycles. The summed E-state index contributed by atoms with van der Waals surface area (Å²) in [5, 5.41) is 36.1. The second-order valence-corrected chi connectivity index (χ2v) is 2.97. The van der Waals surface area contributed by atoms with Gasteiger partial charge in [0.1, 0.15) is 0 Å². The zero-order chi connectivity index (χ0) is 12.3. The van der Waals surface area contributed by atoms with Crippen LogP contribution in [0.2, 0.25) is 0 Å². The van der Waals surface area contributed by atoms with E-state index in [1.165, 1.54) is 13.2 Å². The normalized spacial score (nSPS) is 11.6. The summed E-state index contributed by atoms with van der Waals surface area (Å²) in [7, 11) is 1.26. The number of hydrogen-bond acceptors (Lipinski definition) is 5. The molecular formula is C10H9NO5. The standard InChI is InChI=1S/C10H9NO5/c1-16-7-3-5(4-11)2-6(8(7)12)9(13)10(14)15/h2-3,9,12-13H,1H3,(H,14,15). The van der Waals surface area contributed by atoms with Crippen molar-refractivity contribution in [3.05, 3.63) is 23.3 Å². The summed E-state index contributed by atoms with van der Waals surface area (Å²) < 4.78 is 4.75. The number of carboxylic acids is 1. The van der Waals surface area contributed by atoms with Crippen molar-refractivity contribution in [1.29, 1.82) is 5.26 Å². The molecule has 84 valence electrons. The van der Waals surface area contributed by atoms with Gasteiger partial charge in [0, 0.05) is 11.6 Å². The fraction of sp³-hybridized carbons (Fsp3) is 0.200. The highest BCUT2D eigenvalue weighted by molar-refractivity contribution is 5.76. The topological polar surface area (TPSA) is 111 Å². The van der Waals surface area contributed by atoms with Gasteiger partial charge in [0.2, 0.25) is 0 Å². The van der Waals surface area contributed by atoms with E-state index in [1.54, 1.807) is 6.07 Å². The Morgan fingerprint density at radius 2 is 2.19 bits per heavy atom. The van der Waals surface area contributed by atoms with E-state index < -0.39 is 17.8 Å². The van der Waals surface area contributed by atoms with Crippen LogP contribution in [-0.4, -0.2) is 28.4 Å². The highest BCUT2D eigenvalue weighted by Gasteiger charge is 2.23. The molecular weight excluding hydrogens is 214 g/mol. The zero-order valence-corrected chi connectivity index (χ0v) is 8.34. The summed E-state index contributed by atoms with van der Waals surface area (Å²) >= 11 is 0. The molecule has 0 saturated carbocycles. The Kier molecular flexibility index (Phi) is 3.33. The Balaban J connectivity index is 3.38. The zero-order valence-electron chi connectivity index (χ0n) is 8.34. The smallest absolute Gasteiger partial charge is 0.337 e. The lowest BCUT2D eigenvalue weighted by Crippen LogP contribution is -2.11. The summed E-state index contributed by atoms with van der Waals surface area (Å²) in [5.41, 5.74) is -0.187. The Labute approximate surface area is 90.9 Å². The number of methoxy groups -OCH3 is 1. The van der Waals surface area contributed by atoms with Crippen molar-refractivity contribution < 1.29 is 24.9 Å². The van der Waals surface area contributed by atoms with Crippen LogP contribution in [0.3, 0.4) is 0 Å². The average molecular weight is 223 g/mol. The number of nitrogens with zero attached hydrogens (tertiary/aromatic N) is 1. The third kappa shape index (κ3) is 2.04. The van der Waals surface area contributed by atoms with Crippen LogP contribution in [0.4, 0.5) is 0 Å². The van der Waals surface area contributed by atoms with Gasteiger partial charge in [-0.25, -0.2) is 4.79 Å². The molecule has 0 aliphatic rings. The first kappa shape index (κ1) is 11.8. The molecule has 0 amide bonds. The fourth-order valence-corrected chi connectivity index (χ4v) is 1.19. The monoisotopic (exact) mass is 223 g/mol. The number of ether oxygens (including phenoxy) is 1. The van der Waals surface area contributed by atoms with Crippen LogP contribution >= 0.6 is 0 Å². The van der Waals surface area contributed by atoms with Gasteiger partial charge in [-0.3, -0.25) is 0 Å². The third-order valence-electron chi connectivity index (χ3n) is 1.98. The van der Waals surface area contributed by atoms with Gasteiger partial charge < -0.3 is 20.1 Å². The number of aliphatic hydroxyl groups is 1. The summed E-state index contributed by atoms with van der Waals surface area (Å²) in [6, 6.07) is 4.11. The number of benzene rings is 1. The van der Waals surface area contributed by atoms with Crippen LogP contribution < -0.4 is 4.74 Å². The molecule has 1 aromatic rings. The Bertz CT molecular complexity index is 463. The number of phenolic OH excluding ortho intramolecular Hbond substituents is 1. The van der Waals surface area contributed by atoms with E-state index in [0.29, 0.717) is 0 Å². The molecule has 0 aromatic heterocycles. The van der Waals surface area contributed by atoms with Gasteiger partial charge in [-0.2, -0.15) is 5.26 Å². The van der Waals surface area contributed by atoms with E-state index in [0.717, 1.165) is 6.07 Å². The van der Waals surface area contributed by atoms with Gasteiger partial charge in [0.05, 0.1) is 18.7 Å². The summed E-state index contributed by atoms with van der Waals surface area (Å²) in [5.74, 6) is -2.07. The van der Waals surface area contributed by atoms with Crippen LogP contribution in [0, 0.1) is 11.3 Å². The lowest BCUT2D eigenvalue weighted by Gasteiger charge is -2.11. The maximum absolute atomic E-state index is 10.6. The molecule has 0 radical (unpaired) electrons. The molecule has 0 aliphatic heterocycles. The molecule has 6 nitrogen and oxygen atoms in total. The van der Waals surface area contributed by atoms with Crippen molar-refractivity contribution in [3.63, 3.8) is 0 Å². The Morgan fingerprint density at radius 3 is 2.62 bits per heavy atom. The maximum Gasteiger partial charge on any atom is 0.337 e. The van der Waals surface area contributed by atoms with Crippen LogP contribution in [0.15, 0.2) is 12.1 Å². The van der Waals surface area contributed by atoms with E-state index in [1.807, 2.05) is 0 Å². The summed E-state index contributed by atoms with van der Waals surface area (Å²) in [4.78, 5) is 10.6. The molecule has 16 heavy (non-hydrogen) atoms. The predicted molar refractivity (Wildman–Crippen MR) is 52.0 cm³/mol. The molecule has 0 heterocycles. The Hall–Kier alpha value is -2.26. The minimum absolute atomic E-state index is 0.0608. The quantitative estimate of drug-likeness (QED) is 0.683. The first-order chi connectivity index (χ1) is 7.51. The minimum Gasteiger partial charge on any atom is -0.504 e. The first-order valence-electron chi connectivity index (χ1n) is 4.23. The van der Waals surface area contributed by atoms with Crippen LogP contribution in [0.25, 0.3) is 0 Å². The molecule has 3 N–H and O–H groups in total. The van der Waals surface area contributed by atoms with Crippen LogP contribution in [0.5, 0.6) is 11.5 Å². The van der Waals surface area contributed by atoms with E-state index >= 15 is 0 Å². The van der Waals surface area contributed by atoms with Gasteiger partial charge in [0.25, 0.3) is 0 Å². The van der Waals surface area contributed by atoms with E-state index in [-0.39, 0.29) is 16.9 Å². The third-order valence-corrected chi connectivity index (χ3v) is 1.98. The number of rotatable bonds is 3. The van der Waals surface area contributed by atoms with Crippen molar-refractivity contribution in [2.75, 3.05) is 7.11 Å². The predicted octanol–water partition coefficient (Wildman–Crippen LogP) is 0.390. The number of carbonyl (C=O) groups is 1. The number of phenols is 1. The van der Waals surface area contributed by atoms with Gasteiger partial charge >= 0.3 is 5.97 Å². The molecule has 0 bridgehead atoms. The molecule has 1 unspecified atom stereocenters. The van der Waals surface area contributed by atoms with E-state index in [4.69, 9.17) is 15.1 Å². The van der Waals surface area contributed by atoms with Crippen molar-refractivity contribution in [2.45, 2.75) is 6.10 Å². The summed E-state index contributed by atoms with van der Waals surface area (Å²) in [6.07, 6.45) is -1.90. The van der Waals surface area contributed by atoms with Gasteiger partial charge in [-0.1, -0.05) is 0 Å². The molecule has 0 spiro atoms. The SMILES string of the molecule is COc1cc(C#N)cc(C(O)C(=O)O)c1O. The molecule has 1 aromatic carbocycles. The molecule has 1 atom stereocenters. The highest BCUT2D eigenvalue weighted by Crippen LogP contribution is 2.35. The second-order valence-electron chi connectivity index (χ2n) is 2.97. The lowest BCUT2D eigenvalue weighted by molar-refractivity contribution is -0.147. The molecule has 0 saturated heterocycles. The van der Waals surface area contributed by atoms with Gasteiger partial charge in [-0.05, 0) is 6.07 Å². The number of hydrogen-bond donors (Lipinski definition) is 3. The lowest BCUT2D eigenvalue weighted by atomic mass is 10.0. The van der Waals surface area contributed by atoms with Crippen molar-refractivity contribution in [1.82, 2.24) is 0 Å². The highest BCUT2D eigenvalue weighted by atomic mass is 16.5. The maximum atomic E-state index is 10.6. The molecule has 6 heteroatoms. The first-order valence-corrected chi connectivity index (χ1v) is 4.23. The minimum atomic E-state index is -1.90. The summed E-state index contributed by atoms with van der Waals surface area (Å²) in [6.45, 7) is 0. The van der Waals surface area contributed by atoms with E-state index in [2.05, 4.69) is 0 Å². The number of aliphatic hydroxyl groups excluding tert-OH is 1. The number of aliphatic carboxylic acids is 1. The second kappa shape index (κ2) is 4.51. The fourth-order valence-electron chi connectivity index (χ4n) is 1.19. The largest absolute Gasteiger partial charge is 0.504 e. The van der Waals surface area contributed by atoms with Crippen molar-refractivity contribution in [3.8, 4) is 17.6 Å². The van der Waals surface area contributed by atoms with Crippen molar-refractivity contribution in [2.24, 2.45) is 0 Å². The van der Waals surface area contributed by atoms with Gasteiger partial charge in [0.15, 0.2) is 17.6 Å². The van der Waals surface area contributed by atoms with Gasteiger partial charge in [-0.15, -0.1) is 0 Å². The van der Waals surface area contributed by atoms with Crippen LogP contribution in [-0.2, 0) is 4.79 Å². The van der Waals surface area contributed by atoms with Crippen LogP contribution in [0.1, 0.15) is 17.2 Å². The molecule has 1 rings (SSSR count). The van der Waals surface area contributed by atoms with E-state index in [9.17, 15) is 15.0 Å². The number of carboxylic acid groups (broad SMARTS) is 1. The average Bonchev–Trinajstić information content (AvgIpc) is 2.28. The number of nitriles is 1. The Morgan fingerprint density at radius 1 is 1.56 bits per heavy atom.